The second-order valence-electron chi connectivity index (χ2n) is 8.24. The Kier molecular flexibility index (Phi) is 6.12. The van der Waals surface area contributed by atoms with E-state index in [1.807, 2.05) is 6.92 Å². The molecule has 0 bridgehead atoms. The zero-order valence-electron chi connectivity index (χ0n) is 16.3. The highest BCUT2D eigenvalue weighted by Gasteiger charge is 2.52. The number of hydrogen-bond donors (Lipinski definition) is 1. The molecule has 0 aromatic heterocycles. The van der Waals surface area contributed by atoms with Crippen LogP contribution in [0.1, 0.15) is 66.2 Å². The van der Waals surface area contributed by atoms with Crippen LogP contribution in [-0.2, 0) is 9.59 Å². The van der Waals surface area contributed by atoms with Crippen molar-refractivity contribution in [2.45, 2.75) is 77.8 Å². The smallest absolute Gasteiger partial charge is 0.325 e. The van der Waals surface area contributed by atoms with Crippen molar-refractivity contribution in [2.24, 2.45) is 11.8 Å². The molecule has 6 heteroatoms. The van der Waals surface area contributed by atoms with Crippen LogP contribution in [0.25, 0.3) is 0 Å². The summed E-state index contributed by atoms with van der Waals surface area (Å²) in [4.78, 5) is 40.5. The number of nitrogens with zero attached hydrogens (tertiary/aromatic N) is 2. The number of carbonyl (C=O) groups is 3. The third-order valence-corrected chi connectivity index (χ3v) is 5.94. The van der Waals surface area contributed by atoms with Gasteiger partial charge < -0.3 is 10.2 Å². The fourth-order valence-corrected chi connectivity index (χ4v) is 4.07. The van der Waals surface area contributed by atoms with Crippen molar-refractivity contribution in [3.63, 3.8) is 0 Å². The highest BCUT2D eigenvalue weighted by molar-refractivity contribution is 6.09. The molecule has 25 heavy (non-hydrogen) atoms. The van der Waals surface area contributed by atoms with Crippen LogP contribution in [0.4, 0.5) is 4.79 Å². The second-order valence-corrected chi connectivity index (χ2v) is 8.24. The molecule has 1 heterocycles. The first-order valence-electron chi connectivity index (χ1n) is 9.60. The van der Waals surface area contributed by atoms with Crippen molar-refractivity contribution >= 4 is 17.8 Å². The molecule has 1 saturated heterocycles. The fraction of sp³-hybridized carbons (Fsp3) is 0.842. The number of urea groups is 1. The average Bonchev–Trinajstić information content (AvgIpc) is 2.78. The van der Waals surface area contributed by atoms with E-state index in [2.05, 4.69) is 26.1 Å². The van der Waals surface area contributed by atoms with Crippen LogP contribution in [0.15, 0.2) is 0 Å². The molecule has 4 amide bonds. The van der Waals surface area contributed by atoms with Crippen molar-refractivity contribution < 1.29 is 14.4 Å². The molecule has 1 aliphatic heterocycles. The summed E-state index contributed by atoms with van der Waals surface area (Å²) in [6, 6.07) is -0.333. The molecule has 0 radical (unpaired) electrons. The third kappa shape index (κ3) is 4.15. The largest absolute Gasteiger partial charge is 0.341 e. The summed E-state index contributed by atoms with van der Waals surface area (Å²) in [5.41, 5.74) is -0.773. The van der Waals surface area contributed by atoms with Crippen LogP contribution in [0.3, 0.4) is 0 Å². The first-order chi connectivity index (χ1) is 11.7. The van der Waals surface area contributed by atoms with Gasteiger partial charge in [-0.15, -0.1) is 0 Å². The lowest BCUT2D eigenvalue weighted by Crippen LogP contribution is -2.50. The predicted octanol–water partition coefficient (Wildman–Crippen LogP) is 2.77. The predicted molar refractivity (Wildman–Crippen MR) is 96.9 cm³/mol. The zero-order valence-corrected chi connectivity index (χ0v) is 16.3. The molecule has 142 valence electrons. The Morgan fingerprint density at radius 2 is 1.88 bits per heavy atom. The maximum atomic E-state index is 12.9. The second kappa shape index (κ2) is 7.75. The molecule has 0 aromatic carbocycles. The quantitative estimate of drug-likeness (QED) is 0.748. The number of amides is 4. The lowest BCUT2D eigenvalue weighted by atomic mass is 9.75. The van der Waals surface area contributed by atoms with E-state index in [9.17, 15) is 14.4 Å². The van der Waals surface area contributed by atoms with E-state index in [0.717, 1.165) is 30.6 Å². The van der Waals surface area contributed by atoms with E-state index >= 15 is 0 Å². The minimum absolute atomic E-state index is 0.0854. The Morgan fingerprint density at radius 1 is 1.28 bits per heavy atom. The van der Waals surface area contributed by atoms with E-state index in [4.69, 9.17) is 0 Å². The van der Waals surface area contributed by atoms with Crippen LogP contribution in [0.2, 0.25) is 0 Å². The number of rotatable bonds is 6. The van der Waals surface area contributed by atoms with E-state index < -0.39 is 11.6 Å². The van der Waals surface area contributed by atoms with Gasteiger partial charge in [-0.2, -0.15) is 0 Å². The van der Waals surface area contributed by atoms with E-state index in [1.165, 1.54) is 0 Å². The summed E-state index contributed by atoms with van der Waals surface area (Å²) < 4.78 is 0. The van der Waals surface area contributed by atoms with Crippen LogP contribution in [-0.4, -0.2) is 52.8 Å². The Bertz CT molecular complexity index is 524. The van der Waals surface area contributed by atoms with Crippen LogP contribution in [0, 0.1) is 11.8 Å². The first-order valence-corrected chi connectivity index (χ1v) is 9.60. The van der Waals surface area contributed by atoms with Gasteiger partial charge in [0.05, 0.1) is 0 Å². The van der Waals surface area contributed by atoms with Gasteiger partial charge in [0.2, 0.25) is 5.91 Å². The summed E-state index contributed by atoms with van der Waals surface area (Å²) >= 11 is 0. The summed E-state index contributed by atoms with van der Waals surface area (Å²) in [5, 5.41) is 2.89. The first kappa shape index (κ1) is 19.7. The molecular weight excluding hydrogens is 318 g/mol. The fourth-order valence-electron chi connectivity index (χ4n) is 4.07. The van der Waals surface area contributed by atoms with Gasteiger partial charge >= 0.3 is 6.03 Å². The molecule has 2 rings (SSSR count). The number of hydrogen-bond acceptors (Lipinski definition) is 3. The van der Waals surface area contributed by atoms with E-state index in [-0.39, 0.29) is 24.4 Å². The van der Waals surface area contributed by atoms with Crippen molar-refractivity contribution in [2.75, 3.05) is 13.6 Å². The summed E-state index contributed by atoms with van der Waals surface area (Å²) in [6.07, 6.45) is 5.27. The van der Waals surface area contributed by atoms with Crippen LogP contribution in [0.5, 0.6) is 0 Å². The maximum Gasteiger partial charge on any atom is 0.325 e. The Balaban J connectivity index is 2.00. The monoisotopic (exact) mass is 351 g/mol. The molecule has 6 nitrogen and oxygen atoms in total. The summed E-state index contributed by atoms with van der Waals surface area (Å²) in [6.45, 7) is 8.22. The maximum absolute atomic E-state index is 12.9. The summed E-state index contributed by atoms with van der Waals surface area (Å²) in [5.74, 6) is 0.717. The minimum Gasteiger partial charge on any atom is -0.341 e. The molecular formula is C19H33N3O3. The molecule has 1 spiro atoms. The SMILES string of the molecule is CCC1CCC2(CC1)NC(=O)N(CC(=O)N(C)C(C)CC(C)C)C2=O. The number of carbonyl (C=O) groups excluding carboxylic acids is 3. The van der Waals surface area contributed by atoms with Gasteiger partial charge in [0.15, 0.2) is 0 Å². The van der Waals surface area contributed by atoms with E-state index in [1.54, 1.807) is 11.9 Å². The minimum atomic E-state index is -0.773. The van der Waals surface area contributed by atoms with Gasteiger partial charge in [0.1, 0.15) is 12.1 Å². The van der Waals surface area contributed by atoms with Gasteiger partial charge in [-0.3, -0.25) is 14.5 Å². The Morgan fingerprint density at radius 3 is 2.40 bits per heavy atom. The normalized spacial score (nSPS) is 27.8. The third-order valence-electron chi connectivity index (χ3n) is 5.94. The van der Waals surface area contributed by atoms with Gasteiger partial charge in [-0.25, -0.2) is 4.79 Å². The van der Waals surface area contributed by atoms with Crippen molar-refractivity contribution in [3.8, 4) is 0 Å². The molecule has 0 aromatic rings. The molecule has 1 atom stereocenters. The van der Waals surface area contributed by atoms with Crippen LogP contribution >= 0.6 is 0 Å². The van der Waals surface area contributed by atoms with Gasteiger partial charge in [-0.05, 0) is 50.9 Å². The molecule has 1 N–H and O–H groups in total. The average molecular weight is 351 g/mol. The lowest BCUT2D eigenvalue weighted by molar-refractivity contribution is -0.140. The van der Waals surface area contributed by atoms with Crippen LogP contribution < -0.4 is 5.32 Å². The Labute approximate surface area is 151 Å². The lowest BCUT2D eigenvalue weighted by Gasteiger charge is -2.34. The molecule has 1 saturated carbocycles. The molecule has 2 aliphatic rings. The number of nitrogens with one attached hydrogen (secondary N) is 1. The molecule has 2 fully saturated rings. The zero-order chi connectivity index (χ0) is 18.8. The highest BCUT2D eigenvalue weighted by Crippen LogP contribution is 2.37. The topological polar surface area (TPSA) is 69.7 Å². The van der Waals surface area contributed by atoms with E-state index in [0.29, 0.717) is 24.7 Å². The summed E-state index contributed by atoms with van der Waals surface area (Å²) in [7, 11) is 1.75. The molecule has 1 unspecified atom stereocenters. The number of imide groups is 1. The standard InChI is InChI=1S/C19H33N3O3/c1-6-15-7-9-19(10-8-15)17(24)22(18(25)20-19)12-16(23)21(5)14(4)11-13(2)3/h13-15H,6-12H2,1-5H3,(H,20,25). The van der Waals surface area contributed by atoms with Gasteiger partial charge in [0, 0.05) is 13.1 Å². The van der Waals surface area contributed by atoms with Crippen molar-refractivity contribution in [1.82, 2.24) is 15.1 Å². The van der Waals surface area contributed by atoms with Gasteiger partial charge in [0.25, 0.3) is 5.91 Å². The highest BCUT2D eigenvalue weighted by atomic mass is 16.2. The molecule has 1 aliphatic carbocycles. The van der Waals surface area contributed by atoms with Crippen molar-refractivity contribution in [1.29, 1.82) is 0 Å². The Hall–Kier alpha value is -1.59. The number of likely N-dealkylation sites (N-methyl/N-ethyl adjacent to an activating group) is 1. The van der Waals surface area contributed by atoms with Gasteiger partial charge in [-0.1, -0.05) is 27.2 Å². The van der Waals surface area contributed by atoms with Crippen molar-refractivity contribution in [3.05, 3.63) is 0 Å².